The maximum absolute atomic E-state index is 10.4. The minimum absolute atomic E-state index is 0.0792. The summed E-state index contributed by atoms with van der Waals surface area (Å²) >= 11 is 0. The van der Waals surface area contributed by atoms with Gasteiger partial charge < -0.3 is 0 Å². The fourth-order valence-corrected chi connectivity index (χ4v) is 1.38. The second kappa shape index (κ2) is 4.60. The average molecular weight is 221 g/mol. The molecule has 5 heteroatoms. The van der Waals surface area contributed by atoms with Crippen molar-refractivity contribution in [3.63, 3.8) is 0 Å². The first kappa shape index (κ1) is 10.5. The summed E-state index contributed by atoms with van der Waals surface area (Å²) in [6, 6.07) is 9.44. The maximum Gasteiger partial charge on any atom is 0.355 e. The molecule has 0 radical (unpaired) electrons. The van der Waals surface area contributed by atoms with Crippen molar-refractivity contribution >= 4 is 20.0 Å². The molecular weight excluding hydrogens is 212 g/mol. The molecule has 1 aromatic carbocycles. The van der Waals surface area contributed by atoms with Crippen molar-refractivity contribution in [2.75, 3.05) is 6.61 Å². The molecule has 0 aromatic heterocycles. The van der Waals surface area contributed by atoms with E-state index in [1.807, 2.05) is 30.3 Å². The van der Waals surface area contributed by atoms with E-state index in [1.165, 1.54) is 0 Å². The second-order valence-corrected chi connectivity index (χ2v) is 4.61. The maximum atomic E-state index is 10.4. The van der Waals surface area contributed by atoms with E-state index in [9.17, 15) is 8.42 Å². The van der Waals surface area contributed by atoms with E-state index in [4.69, 9.17) is 10.7 Å². The summed E-state index contributed by atoms with van der Waals surface area (Å²) in [5.41, 5.74) is 1.02. The quantitative estimate of drug-likeness (QED) is 0.726. The Morgan fingerprint density at radius 3 is 2.38 bits per heavy atom. The molecule has 0 N–H and O–H groups in total. The van der Waals surface area contributed by atoms with Gasteiger partial charge in [-0.1, -0.05) is 30.3 Å². The molecule has 0 atom stereocenters. The van der Waals surface area contributed by atoms with Crippen LogP contribution in [0.3, 0.4) is 0 Å². The summed E-state index contributed by atoms with van der Waals surface area (Å²) in [7, 11) is 1.03. The van der Waals surface area contributed by atoms with Crippen LogP contribution in [0, 0.1) is 0 Å². The Bertz CT molecular complexity index is 347. The van der Waals surface area contributed by atoms with E-state index in [0.717, 1.165) is 5.56 Å². The van der Waals surface area contributed by atoms with Gasteiger partial charge in [0.15, 0.2) is 0 Å². The molecule has 0 aliphatic carbocycles. The number of rotatable bonds is 4. The summed E-state index contributed by atoms with van der Waals surface area (Å²) in [5.74, 6) is 0. The van der Waals surface area contributed by atoms with Crippen molar-refractivity contribution in [2.24, 2.45) is 0 Å². The van der Waals surface area contributed by atoms with Gasteiger partial charge in [-0.2, -0.15) is 8.42 Å². The molecule has 3 nitrogen and oxygen atoms in total. The Kier molecular flexibility index (Phi) is 3.71. The van der Waals surface area contributed by atoms with Crippen molar-refractivity contribution in [3.05, 3.63) is 35.9 Å². The third-order valence-electron chi connectivity index (χ3n) is 1.46. The van der Waals surface area contributed by atoms with Gasteiger partial charge in [-0.3, -0.25) is 4.18 Å². The van der Waals surface area contributed by atoms with Crippen molar-refractivity contribution in [1.29, 1.82) is 0 Å². The molecule has 13 heavy (non-hydrogen) atoms. The molecular formula is C8H9ClO3S. The predicted octanol–water partition coefficient (Wildman–Crippen LogP) is 1.73. The predicted molar refractivity (Wildman–Crippen MR) is 50.9 cm³/mol. The summed E-state index contributed by atoms with van der Waals surface area (Å²) in [4.78, 5) is 0. The largest absolute Gasteiger partial charge is 0.355 e. The number of hydrogen-bond acceptors (Lipinski definition) is 3. The highest BCUT2D eigenvalue weighted by Crippen LogP contribution is 2.03. The first-order valence-electron chi connectivity index (χ1n) is 3.71. The van der Waals surface area contributed by atoms with Crippen LogP contribution in [0.2, 0.25) is 0 Å². The molecule has 72 valence electrons. The minimum atomic E-state index is -3.82. The van der Waals surface area contributed by atoms with Gasteiger partial charge >= 0.3 is 9.33 Å². The lowest BCUT2D eigenvalue weighted by atomic mass is 10.2. The lowest BCUT2D eigenvalue weighted by Gasteiger charge is -1.99. The zero-order valence-corrected chi connectivity index (χ0v) is 8.38. The SMILES string of the molecule is O=S(=O)(Cl)OCCc1ccccc1. The molecule has 1 rings (SSSR count). The molecule has 0 unspecified atom stereocenters. The van der Waals surface area contributed by atoms with E-state index >= 15 is 0 Å². The van der Waals surface area contributed by atoms with E-state index in [-0.39, 0.29) is 6.61 Å². The topological polar surface area (TPSA) is 43.4 Å². The molecule has 0 saturated carbocycles. The Hall–Kier alpha value is -0.580. The molecule has 0 amide bonds. The number of benzene rings is 1. The normalized spacial score (nSPS) is 11.5. The highest BCUT2D eigenvalue weighted by atomic mass is 35.7. The summed E-state index contributed by atoms with van der Waals surface area (Å²) in [5, 5.41) is 0. The number of hydrogen-bond donors (Lipinski definition) is 0. The van der Waals surface area contributed by atoms with Crippen LogP contribution in [0.25, 0.3) is 0 Å². The van der Waals surface area contributed by atoms with Crippen molar-refractivity contribution < 1.29 is 12.6 Å². The second-order valence-electron chi connectivity index (χ2n) is 2.45. The Morgan fingerprint density at radius 1 is 1.23 bits per heavy atom. The molecule has 0 aliphatic heterocycles. The zero-order chi connectivity index (χ0) is 9.73. The van der Waals surface area contributed by atoms with Crippen LogP contribution in [-0.2, 0) is 19.9 Å². The van der Waals surface area contributed by atoms with Gasteiger partial charge in [0.2, 0.25) is 0 Å². The molecule has 1 aromatic rings. The fourth-order valence-electron chi connectivity index (χ4n) is 0.904. The first-order valence-corrected chi connectivity index (χ1v) is 5.94. The van der Waals surface area contributed by atoms with Gasteiger partial charge in [0, 0.05) is 10.7 Å². The summed E-state index contributed by atoms with van der Waals surface area (Å²) in [6.45, 7) is 0.0792. The van der Waals surface area contributed by atoms with Gasteiger partial charge in [-0.15, -0.1) is 0 Å². The van der Waals surface area contributed by atoms with E-state index < -0.39 is 9.33 Å². The fraction of sp³-hybridized carbons (Fsp3) is 0.250. The Balaban J connectivity index is 2.37. The van der Waals surface area contributed by atoms with Crippen LogP contribution in [0.15, 0.2) is 30.3 Å². The van der Waals surface area contributed by atoms with Crippen molar-refractivity contribution in [3.8, 4) is 0 Å². The average Bonchev–Trinajstić information content (AvgIpc) is 2.04. The van der Waals surface area contributed by atoms with Crippen LogP contribution in [-0.4, -0.2) is 15.0 Å². The molecule has 0 spiro atoms. The molecule has 0 heterocycles. The van der Waals surface area contributed by atoms with E-state index in [1.54, 1.807) is 0 Å². The first-order chi connectivity index (χ1) is 6.08. The van der Waals surface area contributed by atoms with E-state index in [2.05, 4.69) is 4.18 Å². The van der Waals surface area contributed by atoms with Crippen LogP contribution in [0.5, 0.6) is 0 Å². The lowest BCUT2D eigenvalue weighted by Crippen LogP contribution is -2.01. The Morgan fingerprint density at radius 2 is 1.85 bits per heavy atom. The van der Waals surface area contributed by atoms with Gasteiger partial charge in [-0.05, 0) is 12.0 Å². The zero-order valence-electron chi connectivity index (χ0n) is 6.81. The monoisotopic (exact) mass is 220 g/mol. The molecule has 0 fully saturated rings. The van der Waals surface area contributed by atoms with Gasteiger partial charge in [0.1, 0.15) is 0 Å². The molecule has 0 aliphatic rings. The van der Waals surface area contributed by atoms with Crippen molar-refractivity contribution in [1.82, 2.24) is 0 Å². The number of halogens is 1. The highest BCUT2D eigenvalue weighted by Gasteiger charge is 2.03. The van der Waals surface area contributed by atoms with Crippen molar-refractivity contribution in [2.45, 2.75) is 6.42 Å². The van der Waals surface area contributed by atoms with Crippen LogP contribution in [0.4, 0.5) is 0 Å². The third kappa shape index (κ3) is 4.87. The van der Waals surface area contributed by atoms with Crippen LogP contribution < -0.4 is 0 Å². The lowest BCUT2D eigenvalue weighted by molar-refractivity contribution is 0.332. The van der Waals surface area contributed by atoms with Crippen LogP contribution in [0.1, 0.15) is 5.56 Å². The highest BCUT2D eigenvalue weighted by molar-refractivity contribution is 8.09. The van der Waals surface area contributed by atoms with Gasteiger partial charge in [0.05, 0.1) is 6.61 Å². The minimum Gasteiger partial charge on any atom is -0.258 e. The summed E-state index contributed by atoms with van der Waals surface area (Å²) < 4.78 is 25.1. The van der Waals surface area contributed by atoms with E-state index in [0.29, 0.717) is 6.42 Å². The molecule has 0 bridgehead atoms. The van der Waals surface area contributed by atoms with Gasteiger partial charge in [0.25, 0.3) is 0 Å². The molecule has 0 saturated heterocycles. The van der Waals surface area contributed by atoms with Gasteiger partial charge in [-0.25, -0.2) is 0 Å². The standard InChI is InChI=1S/C8H9ClO3S/c9-13(10,11)12-7-6-8-4-2-1-3-5-8/h1-5H,6-7H2. The van der Waals surface area contributed by atoms with Crippen LogP contribution >= 0.6 is 10.7 Å². The smallest absolute Gasteiger partial charge is 0.258 e. The summed E-state index contributed by atoms with van der Waals surface area (Å²) in [6.07, 6.45) is 0.535. The Labute approximate surface area is 81.9 Å². The third-order valence-corrected chi connectivity index (χ3v) is 2.17.